The van der Waals surface area contributed by atoms with Gasteiger partial charge in [-0.05, 0) is 30.2 Å². The number of rotatable bonds is 3. The van der Waals surface area contributed by atoms with Gasteiger partial charge >= 0.3 is 5.91 Å². The predicted octanol–water partition coefficient (Wildman–Crippen LogP) is 4.41. The fraction of sp³-hybridized carbons (Fsp3) is 0.200. The molecule has 3 rings (SSSR count). The largest absolute Gasteiger partial charge is 0.493 e. The van der Waals surface area contributed by atoms with E-state index in [0.29, 0.717) is 10.9 Å². The van der Waals surface area contributed by atoms with Crippen molar-refractivity contribution in [2.45, 2.75) is 19.8 Å². The Morgan fingerprint density at radius 1 is 1.35 bits per heavy atom. The summed E-state index contributed by atoms with van der Waals surface area (Å²) in [5.74, 6) is -0.479. The highest BCUT2D eigenvalue weighted by atomic mass is 79.9. The van der Waals surface area contributed by atoms with Crippen molar-refractivity contribution in [2.24, 2.45) is 10.2 Å². The van der Waals surface area contributed by atoms with Crippen molar-refractivity contribution in [3.8, 4) is 5.88 Å². The van der Waals surface area contributed by atoms with Crippen molar-refractivity contribution < 1.29 is 9.90 Å². The molecule has 3 N–H and O–H groups in total. The first kappa shape index (κ1) is 15.4. The minimum Gasteiger partial charge on any atom is -0.493 e. The minimum absolute atomic E-state index is 0.139. The summed E-state index contributed by atoms with van der Waals surface area (Å²) in [7, 11) is 0. The van der Waals surface area contributed by atoms with Gasteiger partial charge in [-0.25, -0.2) is 0 Å². The van der Waals surface area contributed by atoms with Gasteiger partial charge < -0.3 is 10.1 Å². The van der Waals surface area contributed by atoms with E-state index >= 15 is 0 Å². The zero-order valence-electron chi connectivity index (χ0n) is 12.5. The predicted molar refractivity (Wildman–Crippen MR) is 89.2 cm³/mol. The number of benzene rings is 1. The number of azo groups is 1. The van der Waals surface area contributed by atoms with Gasteiger partial charge in [0, 0.05) is 15.6 Å². The second-order valence-corrected chi connectivity index (χ2v) is 6.30. The first-order valence-corrected chi connectivity index (χ1v) is 7.76. The van der Waals surface area contributed by atoms with Crippen LogP contribution in [0.4, 0.5) is 5.69 Å². The standard InChI is InChI=1S/C15H14BrN5O2/c1-7(2)11-6-12(19-18-11)14(22)21-20-13-9-5-8(16)3-4-10(9)17-15(13)23/h3-7,17,23H,1-2H3,(H,18,19). The second-order valence-electron chi connectivity index (χ2n) is 5.38. The third kappa shape index (κ3) is 3.02. The number of amides is 1. The number of fused-ring (bicyclic) bond motifs is 1. The normalized spacial score (nSPS) is 11.8. The Bertz CT molecular complexity index is 910. The second kappa shape index (κ2) is 5.96. The van der Waals surface area contributed by atoms with Crippen molar-refractivity contribution in [1.82, 2.24) is 15.2 Å². The van der Waals surface area contributed by atoms with Crippen LogP contribution in [0.2, 0.25) is 0 Å². The molecule has 0 bridgehead atoms. The molecule has 0 saturated carbocycles. The quantitative estimate of drug-likeness (QED) is 0.590. The fourth-order valence-electron chi connectivity index (χ4n) is 2.13. The Morgan fingerprint density at radius 3 is 2.83 bits per heavy atom. The third-order valence-electron chi connectivity index (χ3n) is 3.39. The Hall–Kier alpha value is -2.48. The number of aromatic amines is 2. The molecule has 0 aliphatic carbocycles. The highest BCUT2D eigenvalue weighted by molar-refractivity contribution is 9.10. The van der Waals surface area contributed by atoms with E-state index in [2.05, 4.69) is 41.3 Å². The topological polar surface area (TPSA) is 106 Å². The lowest BCUT2D eigenvalue weighted by atomic mass is 10.1. The SMILES string of the molecule is CC(C)c1cc(C(=O)N=Nc2c(O)[nH]c3ccc(Br)cc23)n[nH]1. The molecule has 2 aromatic heterocycles. The molecule has 1 amide bonds. The lowest BCUT2D eigenvalue weighted by molar-refractivity contribution is 0.0990. The Labute approximate surface area is 140 Å². The molecule has 3 aromatic rings. The lowest BCUT2D eigenvalue weighted by Crippen LogP contribution is -1.93. The summed E-state index contributed by atoms with van der Waals surface area (Å²) in [5.41, 5.74) is 1.96. The molecule has 0 radical (unpaired) electrons. The van der Waals surface area contributed by atoms with Gasteiger partial charge in [-0.2, -0.15) is 5.10 Å². The number of carbonyl (C=O) groups excluding carboxylic acids is 1. The van der Waals surface area contributed by atoms with E-state index in [-0.39, 0.29) is 23.2 Å². The first-order valence-electron chi connectivity index (χ1n) is 6.97. The highest BCUT2D eigenvalue weighted by Crippen LogP contribution is 2.36. The summed E-state index contributed by atoms with van der Waals surface area (Å²) >= 11 is 3.36. The number of H-pyrrole nitrogens is 2. The van der Waals surface area contributed by atoms with Gasteiger partial charge in [0.25, 0.3) is 0 Å². The van der Waals surface area contributed by atoms with Crippen molar-refractivity contribution >= 4 is 38.4 Å². The van der Waals surface area contributed by atoms with Crippen LogP contribution in [0.25, 0.3) is 10.9 Å². The maximum atomic E-state index is 12.0. The number of halogens is 1. The molecule has 8 heteroatoms. The van der Waals surface area contributed by atoms with E-state index in [1.807, 2.05) is 19.9 Å². The van der Waals surface area contributed by atoms with Crippen LogP contribution in [0, 0.1) is 0 Å². The molecule has 0 atom stereocenters. The van der Waals surface area contributed by atoms with Crippen LogP contribution in [-0.4, -0.2) is 26.2 Å². The summed E-state index contributed by atoms with van der Waals surface area (Å²) in [6.45, 7) is 3.98. The van der Waals surface area contributed by atoms with E-state index in [9.17, 15) is 9.90 Å². The molecule has 0 aliphatic heterocycles. The molecule has 0 saturated heterocycles. The maximum Gasteiger partial charge on any atom is 0.315 e. The Morgan fingerprint density at radius 2 is 2.13 bits per heavy atom. The number of carbonyl (C=O) groups is 1. The lowest BCUT2D eigenvalue weighted by Gasteiger charge is -1.96. The third-order valence-corrected chi connectivity index (χ3v) is 3.89. The van der Waals surface area contributed by atoms with E-state index in [4.69, 9.17) is 0 Å². The van der Waals surface area contributed by atoms with Gasteiger partial charge in [-0.15, -0.1) is 10.2 Å². The van der Waals surface area contributed by atoms with Gasteiger partial charge in [0.15, 0.2) is 11.4 Å². The molecule has 0 unspecified atom stereocenters. The van der Waals surface area contributed by atoms with Crippen LogP contribution >= 0.6 is 15.9 Å². The van der Waals surface area contributed by atoms with Crippen LogP contribution in [0.1, 0.15) is 35.9 Å². The monoisotopic (exact) mass is 375 g/mol. The maximum absolute atomic E-state index is 12.0. The first-order chi connectivity index (χ1) is 11.0. The number of hydrogen-bond donors (Lipinski definition) is 3. The van der Waals surface area contributed by atoms with E-state index in [1.54, 1.807) is 18.2 Å². The van der Waals surface area contributed by atoms with Crippen LogP contribution < -0.4 is 0 Å². The van der Waals surface area contributed by atoms with Gasteiger partial charge in [0.2, 0.25) is 5.88 Å². The highest BCUT2D eigenvalue weighted by Gasteiger charge is 2.14. The molecule has 0 fully saturated rings. The van der Waals surface area contributed by atoms with Crippen LogP contribution in [0.3, 0.4) is 0 Å². The molecular weight excluding hydrogens is 362 g/mol. The molecular formula is C15H14BrN5O2. The molecule has 0 aliphatic rings. The van der Waals surface area contributed by atoms with E-state index in [1.165, 1.54) is 0 Å². The van der Waals surface area contributed by atoms with Crippen molar-refractivity contribution in [2.75, 3.05) is 0 Å². The summed E-state index contributed by atoms with van der Waals surface area (Å²) in [5, 5.41) is 24.9. The van der Waals surface area contributed by atoms with Crippen LogP contribution in [-0.2, 0) is 0 Å². The van der Waals surface area contributed by atoms with E-state index in [0.717, 1.165) is 10.2 Å². The van der Waals surface area contributed by atoms with Crippen molar-refractivity contribution in [1.29, 1.82) is 0 Å². The molecule has 1 aromatic carbocycles. The Kier molecular flexibility index (Phi) is 3.99. The number of aromatic nitrogens is 3. The fourth-order valence-corrected chi connectivity index (χ4v) is 2.49. The molecule has 2 heterocycles. The van der Waals surface area contributed by atoms with Gasteiger partial charge in [0.1, 0.15) is 0 Å². The molecule has 23 heavy (non-hydrogen) atoms. The Balaban J connectivity index is 1.91. The number of nitrogens with one attached hydrogen (secondary N) is 2. The zero-order chi connectivity index (χ0) is 16.6. The minimum atomic E-state index is -0.572. The van der Waals surface area contributed by atoms with Crippen LogP contribution in [0.15, 0.2) is 39.0 Å². The average molecular weight is 376 g/mol. The molecule has 118 valence electrons. The van der Waals surface area contributed by atoms with Gasteiger partial charge in [0.05, 0.1) is 5.52 Å². The summed E-state index contributed by atoms with van der Waals surface area (Å²) in [6, 6.07) is 7.07. The van der Waals surface area contributed by atoms with Gasteiger partial charge in [-0.1, -0.05) is 29.8 Å². The van der Waals surface area contributed by atoms with Gasteiger partial charge in [-0.3, -0.25) is 9.89 Å². The molecule has 7 nitrogen and oxygen atoms in total. The van der Waals surface area contributed by atoms with Crippen molar-refractivity contribution in [3.63, 3.8) is 0 Å². The number of aromatic hydroxyl groups is 1. The van der Waals surface area contributed by atoms with Crippen LogP contribution in [0.5, 0.6) is 5.88 Å². The van der Waals surface area contributed by atoms with E-state index < -0.39 is 5.91 Å². The average Bonchev–Trinajstić information content (AvgIpc) is 3.10. The summed E-state index contributed by atoms with van der Waals surface area (Å²) < 4.78 is 0.834. The molecule has 0 spiro atoms. The van der Waals surface area contributed by atoms with Crippen molar-refractivity contribution in [3.05, 3.63) is 40.1 Å². The summed E-state index contributed by atoms with van der Waals surface area (Å²) in [4.78, 5) is 14.8. The zero-order valence-corrected chi connectivity index (χ0v) is 14.0. The summed E-state index contributed by atoms with van der Waals surface area (Å²) in [6.07, 6.45) is 0. The number of nitrogens with zero attached hydrogens (tertiary/aromatic N) is 3. The number of hydrogen-bond acceptors (Lipinski definition) is 4. The smallest absolute Gasteiger partial charge is 0.315 e.